The van der Waals surface area contributed by atoms with Gasteiger partial charge in [0.15, 0.2) is 17.0 Å². The highest BCUT2D eigenvalue weighted by Gasteiger charge is 2.34. The highest BCUT2D eigenvalue weighted by atomic mass is 32.2. The molecule has 0 bridgehead atoms. The van der Waals surface area contributed by atoms with E-state index in [1.807, 2.05) is 25.2 Å². The number of piperazine rings is 1. The normalized spacial score (nSPS) is 18.8. The van der Waals surface area contributed by atoms with E-state index in [1.54, 1.807) is 0 Å². The minimum absolute atomic E-state index is 0.154. The van der Waals surface area contributed by atoms with E-state index < -0.39 is 9.84 Å². The molecule has 0 N–H and O–H groups in total. The number of nitrogens with zero attached hydrogens (tertiary/aromatic N) is 9. The van der Waals surface area contributed by atoms with Gasteiger partial charge in [-0.05, 0) is 26.0 Å². The van der Waals surface area contributed by atoms with E-state index in [0.29, 0.717) is 32.3 Å². The van der Waals surface area contributed by atoms with Crippen molar-refractivity contribution in [1.82, 2.24) is 38.9 Å². The zero-order valence-corrected chi connectivity index (χ0v) is 26.1. The SMILES string of the molecule is CCc1nc2ccccc2n1-c1nc(N2CCOCC2)c2nc(CN3CCN(CCS(C)(=O)=O)C(C)(C)C3)n(C)c2n1. The van der Waals surface area contributed by atoms with E-state index in [4.69, 9.17) is 24.7 Å². The third-order valence-corrected chi connectivity index (χ3v) is 9.41. The van der Waals surface area contributed by atoms with E-state index in [9.17, 15) is 8.42 Å². The first kappa shape index (κ1) is 29.0. The van der Waals surface area contributed by atoms with Gasteiger partial charge in [0, 0.05) is 64.5 Å². The van der Waals surface area contributed by atoms with Crippen molar-refractivity contribution in [3.05, 3.63) is 35.9 Å². The molecular weight excluding hydrogens is 554 g/mol. The van der Waals surface area contributed by atoms with Crippen molar-refractivity contribution in [2.45, 2.75) is 39.3 Å². The third-order valence-electron chi connectivity index (χ3n) is 8.49. The van der Waals surface area contributed by atoms with Gasteiger partial charge in [-0.3, -0.25) is 14.4 Å². The van der Waals surface area contributed by atoms with Crippen LogP contribution in [0.25, 0.3) is 28.1 Å². The van der Waals surface area contributed by atoms with E-state index in [0.717, 1.165) is 78.8 Å². The highest BCUT2D eigenvalue weighted by Crippen LogP contribution is 2.29. The molecule has 42 heavy (non-hydrogen) atoms. The number of ether oxygens (including phenoxy) is 1. The van der Waals surface area contributed by atoms with Gasteiger partial charge in [-0.15, -0.1) is 0 Å². The first-order chi connectivity index (χ1) is 20.0. The summed E-state index contributed by atoms with van der Waals surface area (Å²) in [5.41, 5.74) is 3.35. The van der Waals surface area contributed by atoms with Gasteiger partial charge in [0.1, 0.15) is 21.5 Å². The van der Waals surface area contributed by atoms with Gasteiger partial charge in [-0.1, -0.05) is 19.1 Å². The molecule has 6 rings (SSSR count). The molecule has 0 amide bonds. The van der Waals surface area contributed by atoms with Gasteiger partial charge in [-0.2, -0.15) is 9.97 Å². The van der Waals surface area contributed by atoms with Crippen LogP contribution in [0.1, 0.15) is 32.4 Å². The number of hydrogen-bond donors (Lipinski definition) is 0. The Kier molecular flexibility index (Phi) is 7.71. The predicted octanol–water partition coefficient (Wildman–Crippen LogP) is 2.04. The van der Waals surface area contributed by atoms with E-state index >= 15 is 0 Å². The molecule has 2 saturated heterocycles. The molecule has 226 valence electrons. The smallest absolute Gasteiger partial charge is 0.239 e. The summed E-state index contributed by atoms with van der Waals surface area (Å²) in [6, 6.07) is 8.11. The molecule has 2 aliphatic heterocycles. The summed E-state index contributed by atoms with van der Waals surface area (Å²) in [5, 5.41) is 0. The van der Waals surface area contributed by atoms with Gasteiger partial charge < -0.3 is 14.2 Å². The fraction of sp³-hybridized carbons (Fsp3) is 0.586. The maximum Gasteiger partial charge on any atom is 0.239 e. The number of hydrogen-bond acceptors (Lipinski definition) is 10. The molecule has 3 aromatic heterocycles. The number of fused-ring (bicyclic) bond motifs is 2. The summed E-state index contributed by atoms with van der Waals surface area (Å²) in [7, 11) is -0.973. The molecular formula is C29H41N9O3S. The minimum Gasteiger partial charge on any atom is -0.378 e. The molecule has 0 radical (unpaired) electrons. The van der Waals surface area contributed by atoms with Crippen molar-refractivity contribution in [3.63, 3.8) is 0 Å². The largest absolute Gasteiger partial charge is 0.378 e. The molecule has 0 saturated carbocycles. The van der Waals surface area contributed by atoms with Crippen LogP contribution in [0.3, 0.4) is 0 Å². The lowest BCUT2D eigenvalue weighted by atomic mass is 9.99. The average Bonchev–Trinajstić information content (AvgIpc) is 3.49. The van der Waals surface area contributed by atoms with Crippen LogP contribution in [-0.4, -0.2) is 117 Å². The fourth-order valence-corrected chi connectivity index (χ4v) is 6.72. The predicted molar refractivity (Wildman–Crippen MR) is 164 cm³/mol. The molecule has 13 heteroatoms. The minimum atomic E-state index is -3.01. The van der Waals surface area contributed by atoms with Gasteiger partial charge in [0.05, 0.1) is 36.5 Å². The standard InChI is InChI=1S/C29H41N9O3S/c1-6-23-30-21-9-7-8-10-22(21)38(23)28-32-26-25(27(33-28)36-13-16-41-17-14-36)31-24(34(26)4)19-35-11-12-37(29(2,3)20-35)15-18-42(5,39)40/h7-10H,6,11-20H2,1-5H3. The number of aryl methyl sites for hydroxylation is 2. The Labute approximate surface area is 247 Å². The number of para-hydroxylation sites is 2. The van der Waals surface area contributed by atoms with Crippen LogP contribution >= 0.6 is 0 Å². The average molecular weight is 596 g/mol. The maximum atomic E-state index is 11.8. The number of imidazole rings is 2. The van der Waals surface area contributed by atoms with Gasteiger partial charge in [0.25, 0.3) is 0 Å². The number of sulfone groups is 1. The topological polar surface area (TPSA) is 115 Å². The summed E-state index contributed by atoms with van der Waals surface area (Å²) in [4.78, 5) is 27.2. The van der Waals surface area contributed by atoms with Gasteiger partial charge in [0.2, 0.25) is 5.95 Å². The van der Waals surface area contributed by atoms with E-state index in [1.165, 1.54) is 6.26 Å². The van der Waals surface area contributed by atoms with Crippen LogP contribution in [0.2, 0.25) is 0 Å². The monoisotopic (exact) mass is 595 g/mol. The Hall–Kier alpha value is -3.13. The zero-order chi connectivity index (χ0) is 29.6. The van der Waals surface area contributed by atoms with Gasteiger partial charge in [-0.25, -0.2) is 18.4 Å². The molecule has 0 unspecified atom stereocenters. The summed E-state index contributed by atoms with van der Waals surface area (Å²) < 4.78 is 33.4. The Morgan fingerprint density at radius 3 is 2.45 bits per heavy atom. The van der Waals surface area contributed by atoms with Crippen LogP contribution in [0.5, 0.6) is 0 Å². The van der Waals surface area contributed by atoms with Crippen LogP contribution < -0.4 is 4.90 Å². The second kappa shape index (κ2) is 11.2. The molecule has 0 atom stereocenters. The molecule has 12 nitrogen and oxygen atoms in total. The zero-order valence-electron chi connectivity index (χ0n) is 25.2. The first-order valence-electron chi connectivity index (χ1n) is 14.7. The lowest BCUT2D eigenvalue weighted by Gasteiger charge is -2.47. The molecule has 0 aliphatic carbocycles. The Balaban J connectivity index is 1.37. The summed E-state index contributed by atoms with van der Waals surface area (Å²) in [6.45, 7) is 12.9. The third kappa shape index (κ3) is 5.62. The van der Waals surface area contributed by atoms with E-state index in [-0.39, 0.29) is 11.3 Å². The molecule has 4 aromatic rings. The van der Waals surface area contributed by atoms with E-state index in [2.05, 4.69) is 50.7 Å². The van der Waals surface area contributed by atoms with Crippen LogP contribution in [0.4, 0.5) is 5.82 Å². The number of anilines is 1. The van der Waals surface area contributed by atoms with Crippen LogP contribution in [-0.2, 0) is 34.6 Å². The molecule has 2 fully saturated rings. The number of rotatable bonds is 8. The first-order valence-corrected chi connectivity index (χ1v) is 16.8. The number of morpholine rings is 1. The van der Waals surface area contributed by atoms with Crippen molar-refractivity contribution in [1.29, 1.82) is 0 Å². The lowest BCUT2D eigenvalue weighted by Crippen LogP contribution is -2.59. The Morgan fingerprint density at radius 1 is 0.976 bits per heavy atom. The second-order valence-corrected chi connectivity index (χ2v) is 14.3. The van der Waals surface area contributed by atoms with Crippen molar-refractivity contribution in [3.8, 4) is 5.95 Å². The Morgan fingerprint density at radius 2 is 1.74 bits per heavy atom. The number of benzene rings is 1. The summed E-state index contributed by atoms with van der Waals surface area (Å²) >= 11 is 0. The second-order valence-electron chi connectivity index (χ2n) is 12.1. The lowest BCUT2D eigenvalue weighted by molar-refractivity contribution is 0.0193. The Bertz CT molecular complexity index is 1710. The molecule has 5 heterocycles. The van der Waals surface area contributed by atoms with Crippen LogP contribution in [0, 0.1) is 0 Å². The summed E-state index contributed by atoms with van der Waals surface area (Å²) in [5.74, 6) is 3.45. The molecule has 1 aromatic carbocycles. The van der Waals surface area contributed by atoms with Gasteiger partial charge >= 0.3 is 0 Å². The van der Waals surface area contributed by atoms with Crippen molar-refractivity contribution >= 4 is 37.9 Å². The molecule has 2 aliphatic rings. The quantitative estimate of drug-likeness (QED) is 0.300. The highest BCUT2D eigenvalue weighted by molar-refractivity contribution is 7.90. The van der Waals surface area contributed by atoms with Crippen molar-refractivity contribution in [2.75, 3.05) is 69.4 Å². The summed E-state index contributed by atoms with van der Waals surface area (Å²) in [6.07, 6.45) is 2.06. The van der Waals surface area contributed by atoms with Crippen molar-refractivity contribution < 1.29 is 13.2 Å². The van der Waals surface area contributed by atoms with Crippen molar-refractivity contribution in [2.24, 2.45) is 7.05 Å². The molecule has 0 spiro atoms. The van der Waals surface area contributed by atoms with Crippen LogP contribution in [0.15, 0.2) is 24.3 Å². The fourth-order valence-electron chi connectivity index (χ4n) is 6.17. The maximum absolute atomic E-state index is 11.8. The number of aromatic nitrogens is 6.